The smallest absolute Gasteiger partial charge is 0.123 e. The minimum absolute atomic E-state index is 0.931. The van der Waals surface area contributed by atoms with Gasteiger partial charge >= 0.3 is 0 Å². The van der Waals surface area contributed by atoms with Gasteiger partial charge in [0.15, 0.2) is 0 Å². The first-order chi connectivity index (χ1) is 8.58. The van der Waals surface area contributed by atoms with Gasteiger partial charge in [-0.25, -0.2) is 0 Å². The number of likely N-dealkylation sites (N-methyl/N-ethyl adjacent to an activating group) is 2. The van der Waals surface area contributed by atoms with Gasteiger partial charge in [0.25, 0.3) is 0 Å². The second-order valence-electron chi connectivity index (χ2n) is 4.85. The van der Waals surface area contributed by atoms with E-state index in [-0.39, 0.29) is 0 Å². The van der Waals surface area contributed by atoms with Gasteiger partial charge in [0, 0.05) is 25.2 Å². The molecule has 0 unspecified atom stereocenters. The third-order valence-corrected chi connectivity index (χ3v) is 3.14. The molecule has 0 heterocycles. The first-order valence-corrected chi connectivity index (χ1v) is 6.61. The van der Waals surface area contributed by atoms with Crippen LogP contribution in [0.1, 0.15) is 23.6 Å². The van der Waals surface area contributed by atoms with Crippen molar-refractivity contribution in [2.75, 3.05) is 33.8 Å². The molecule has 0 aliphatic rings. The Morgan fingerprint density at radius 3 is 2.61 bits per heavy atom. The van der Waals surface area contributed by atoms with E-state index in [9.17, 15) is 0 Å². The van der Waals surface area contributed by atoms with E-state index in [1.165, 1.54) is 16.7 Å². The zero-order valence-corrected chi connectivity index (χ0v) is 12.3. The minimum Gasteiger partial charge on any atom is -0.496 e. The fourth-order valence-electron chi connectivity index (χ4n) is 2.14. The maximum atomic E-state index is 5.49. The molecular weight excluding hydrogens is 224 g/mol. The molecule has 0 radical (unpaired) electrons. The Kier molecular flexibility index (Phi) is 6.16. The Hall–Kier alpha value is -1.06. The lowest BCUT2D eigenvalue weighted by Crippen LogP contribution is -2.29. The normalized spacial score (nSPS) is 11.0. The highest BCUT2D eigenvalue weighted by molar-refractivity contribution is 5.42. The van der Waals surface area contributed by atoms with Gasteiger partial charge in [0.1, 0.15) is 5.75 Å². The van der Waals surface area contributed by atoms with E-state index >= 15 is 0 Å². The molecule has 0 spiro atoms. The minimum atomic E-state index is 0.931. The second-order valence-corrected chi connectivity index (χ2v) is 4.85. The first kappa shape index (κ1) is 15.0. The van der Waals surface area contributed by atoms with Crippen LogP contribution in [0.4, 0.5) is 0 Å². The van der Waals surface area contributed by atoms with Gasteiger partial charge in [0.05, 0.1) is 7.11 Å². The van der Waals surface area contributed by atoms with Crippen molar-refractivity contribution in [3.63, 3.8) is 0 Å². The highest BCUT2D eigenvalue weighted by atomic mass is 16.5. The number of ether oxygens (including phenoxy) is 1. The summed E-state index contributed by atoms with van der Waals surface area (Å²) in [6, 6.07) is 4.33. The van der Waals surface area contributed by atoms with Crippen molar-refractivity contribution in [1.29, 1.82) is 0 Å². The topological polar surface area (TPSA) is 24.5 Å². The number of hydrogen-bond donors (Lipinski definition) is 1. The lowest BCUT2D eigenvalue weighted by atomic mass is 10.0. The number of nitrogens with one attached hydrogen (secondary N) is 1. The molecule has 0 saturated heterocycles. The molecular formula is C15H26N2O. The summed E-state index contributed by atoms with van der Waals surface area (Å²) in [6.07, 6.45) is 0. The van der Waals surface area contributed by atoms with Gasteiger partial charge in [-0.1, -0.05) is 13.0 Å². The van der Waals surface area contributed by atoms with Gasteiger partial charge in [-0.05, 0) is 44.6 Å². The molecule has 1 N–H and O–H groups in total. The van der Waals surface area contributed by atoms with Crippen LogP contribution in [0.15, 0.2) is 12.1 Å². The maximum Gasteiger partial charge on any atom is 0.123 e. The Balaban J connectivity index is 2.71. The van der Waals surface area contributed by atoms with Crippen LogP contribution in [0.25, 0.3) is 0 Å². The van der Waals surface area contributed by atoms with Crippen molar-refractivity contribution in [2.45, 2.75) is 27.3 Å². The molecule has 0 bridgehead atoms. The lowest BCUT2D eigenvalue weighted by Gasteiger charge is -2.20. The number of rotatable bonds is 7. The standard InChI is InChI=1S/C15H26N2O/c1-6-16-7-8-17(4)11-14-13(3)9-12(2)10-15(14)18-5/h9-10,16H,6-8,11H2,1-5H3. The zero-order valence-electron chi connectivity index (χ0n) is 12.3. The summed E-state index contributed by atoms with van der Waals surface area (Å²) >= 11 is 0. The molecule has 102 valence electrons. The predicted octanol–water partition coefficient (Wildman–Crippen LogP) is 2.35. The number of nitrogens with zero attached hydrogens (tertiary/aromatic N) is 1. The average Bonchev–Trinajstić information content (AvgIpc) is 2.32. The third-order valence-electron chi connectivity index (χ3n) is 3.14. The molecule has 1 aromatic rings. The van der Waals surface area contributed by atoms with E-state index in [1.807, 2.05) is 0 Å². The molecule has 0 aliphatic heterocycles. The van der Waals surface area contributed by atoms with Crippen molar-refractivity contribution in [2.24, 2.45) is 0 Å². The third kappa shape index (κ3) is 4.31. The van der Waals surface area contributed by atoms with Crippen LogP contribution >= 0.6 is 0 Å². The Bertz CT molecular complexity index is 377. The van der Waals surface area contributed by atoms with Gasteiger partial charge in [0.2, 0.25) is 0 Å². The lowest BCUT2D eigenvalue weighted by molar-refractivity contribution is 0.315. The van der Waals surface area contributed by atoms with E-state index in [4.69, 9.17) is 4.74 Å². The van der Waals surface area contributed by atoms with E-state index < -0.39 is 0 Å². The summed E-state index contributed by atoms with van der Waals surface area (Å²) in [5.41, 5.74) is 3.85. The molecule has 0 fully saturated rings. The highest BCUT2D eigenvalue weighted by Crippen LogP contribution is 2.25. The van der Waals surface area contributed by atoms with Crippen LogP contribution in [0.3, 0.4) is 0 Å². The monoisotopic (exact) mass is 250 g/mol. The average molecular weight is 250 g/mol. The number of aryl methyl sites for hydroxylation is 2. The van der Waals surface area contributed by atoms with Crippen LogP contribution in [0.5, 0.6) is 5.75 Å². The van der Waals surface area contributed by atoms with Crippen LogP contribution in [-0.2, 0) is 6.54 Å². The van der Waals surface area contributed by atoms with Crippen LogP contribution in [-0.4, -0.2) is 38.7 Å². The fraction of sp³-hybridized carbons (Fsp3) is 0.600. The molecule has 18 heavy (non-hydrogen) atoms. The van der Waals surface area contributed by atoms with Gasteiger partial charge < -0.3 is 15.0 Å². The van der Waals surface area contributed by atoms with E-state index in [2.05, 4.69) is 50.2 Å². The quantitative estimate of drug-likeness (QED) is 0.752. The van der Waals surface area contributed by atoms with Crippen molar-refractivity contribution in [1.82, 2.24) is 10.2 Å². The largest absolute Gasteiger partial charge is 0.496 e. The summed E-state index contributed by atoms with van der Waals surface area (Å²) in [5, 5.41) is 3.34. The maximum absolute atomic E-state index is 5.49. The molecule has 0 saturated carbocycles. The molecule has 3 heteroatoms. The summed E-state index contributed by atoms with van der Waals surface area (Å²) in [4.78, 5) is 2.32. The number of hydrogen-bond acceptors (Lipinski definition) is 3. The van der Waals surface area contributed by atoms with Crippen molar-refractivity contribution >= 4 is 0 Å². The van der Waals surface area contributed by atoms with Crippen LogP contribution in [0, 0.1) is 13.8 Å². The van der Waals surface area contributed by atoms with Crippen LogP contribution < -0.4 is 10.1 Å². The highest BCUT2D eigenvalue weighted by Gasteiger charge is 2.10. The molecule has 1 rings (SSSR count). The van der Waals surface area contributed by atoms with Gasteiger partial charge in [-0.2, -0.15) is 0 Å². The summed E-state index contributed by atoms with van der Waals surface area (Å²) in [6.45, 7) is 10.4. The van der Waals surface area contributed by atoms with Crippen LogP contribution in [0.2, 0.25) is 0 Å². The predicted molar refractivity (Wildman–Crippen MR) is 77.3 cm³/mol. The van der Waals surface area contributed by atoms with Gasteiger partial charge in [-0.3, -0.25) is 0 Å². The Labute approximate surface area is 111 Å². The summed E-state index contributed by atoms with van der Waals surface area (Å²) < 4.78 is 5.49. The fourth-order valence-corrected chi connectivity index (χ4v) is 2.14. The number of benzene rings is 1. The first-order valence-electron chi connectivity index (χ1n) is 6.61. The Morgan fingerprint density at radius 1 is 1.28 bits per heavy atom. The SMILES string of the molecule is CCNCCN(C)Cc1c(C)cc(C)cc1OC. The molecule has 0 aliphatic carbocycles. The van der Waals surface area contributed by atoms with E-state index in [0.29, 0.717) is 0 Å². The number of methoxy groups -OCH3 is 1. The molecule has 1 aromatic carbocycles. The van der Waals surface area contributed by atoms with Crippen molar-refractivity contribution < 1.29 is 4.74 Å². The summed E-state index contributed by atoms with van der Waals surface area (Å²) in [7, 11) is 3.90. The second kappa shape index (κ2) is 7.39. The Morgan fingerprint density at radius 2 is 2.00 bits per heavy atom. The molecule has 0 amide bonds. The molecule has 0 aromatic heterocycles. The van der Waals surface area contributed by atoms with E-state index in [1.54, 1.807) is 7.11 Å². The van der Waals surface area contributed by atoms with Crippen molar-refractivity contribution in [3.8, 4) is 5.75 Å². The molecule has 3 nitrogen and oxygen atoms in total. The van der Waals surface area contributed by atoms with Crippen molar-refractivity contribution in [3.05, 3.63) is 28.8 Å². The zero-order chi connectivity index (χ0) is 13.5. The molecule has 0 atom stereocenters. The van der Waals surface area contributed by atoms with E-state index in [0.717, 1.165) is 31.9 Å². The summed E-state index contributed by atoms with van der Waals surface area (Å²) in [5.74, 6) is 1.00. The van der Waals surface area contributed by atoms with Gasteiger partial charge in [-0.15, -0.1) is 0 Å².